The highest BCUT2D eigenvalue weighted by Gasteiger charge is 2.30. The average Bonchev–Trinajstić information content (AvgIpc) is 2.21. The lowest BCUT2D eigenvalue weighted by molar-refractivity contribution is -0.119. The second kappa shape index (κ2) is 5.02. The first-order valence-electron chi connectivity index (χ1n) is 5.30. The molecule has 1 aromatic carbocycles. The van der Waals surface area contributed by atoms with Crippen LogP contribution in [0.4, 0.5) is 0 Å². The molecule has 88 valence electrons. The van der Waals surface area contributed by atoms with Crippen LogP contribution in [0.2, 0.25) is 0 Å². The Morgan fingerprint density at radius 1 is 1.19 bits per heavy atom. The quantitative estimate of drug-likeness (QED) is 0.754. The van der Waals surface area contributed by atoms with Gasteiger partial charge in [-0.1, -0.05) is 17.7 Å². The first kappa shape index (κ1) is 13.3. The van der Waals surface area contributed by atoms with Crippen molar-refractivity contribution in [3.8, 4) is 0 Å². The molecule has 0 radical (unpaired) electrons. The van der Waals surface area contributed by atoms with Crippen molar-refractivity contribution in [3.63, 3.8) is 0 Å². The number of rotatable bonds is 3. The summed E-state index contributed by atoms with van der Waals surface area (Å²) in [5.41, 5.74) is 0.777. The standard InChI is InChI=1S/C13H19NOS/c1-10-6-8-11(9-7-10)16-12(15)13(2,3)14(4)5/h6-9H,1-5H3. The zero-order valence-electron chi connectivity index (χ0n) is 10.6. The van der Waals surface area contributed by atoms with Crippen LogP contribution in [0.25, 0.3) is 0 Å². The minimum Gasteiger partial charge on any atom is -0.297 e. The van der Waals surface area contributed by atoms with Crippen LogP contribution in [0.15, 0.2) is 29.2 Å². The third kappa shape index (κ3) is 3.09. The fourth-order valence-electron chi connectivity index (χ4n) is 1.02. The van der Waals surface area contributed by atoms with E-state index in [1.165, 1.54) is 17.3 Å². The largest absolute Gasteiger partial charge is 0.297 e. The molecule has 0 N–H and O–H groups in total. The van der Waals surface area contributed by atoms with E-state index in [0.29, 0.717) is 0 Å². The molecule has 16 heavy (non-hydrogen) atoms. The first-order chi connectivity index (χ1) is 7.34. The number of thioether (sulfide) groups is 1. The summed E-state index contributed by atoms with van der Waals surface area (Å²) in [4.78, 5) is 15.0. The van der Waals surface area contributed by atoms with Gasteiger partial charge in [0.05, 0.1) is 5.54 Å². The van der Waals surface area contributed by atoms with Gasteiger partial charge in [-0.05, 0) is 58.8 Å². The highest BCUT2D eigenvalue weighted by molar-refractivity contribution is 8.13. The minimum atomic E-state index is -0.435. The zero-order chi connectivity index (χ0) is 12.3. The van der Waals surface area contributed by atoms with Crippen molar-refractivity contribution in [2.75, 3.05) is 14.1 Å². The molecule has 0 aliphatic carbocycles. The van der Waals surface area contributed by atoms with Crippen LogP contribution < -0.4 is 0 Å². The summed E-state index contributed by atoms with van der Waals surface area (Å²) in [5.74, 6) is 0. The fourth-order valence-corrected chi connectivity index (χ4v) is 1.94. The molecule has 3 heteroatoms. The summed E-state index contributed by atoms with van der Waals surface area (Å²) in [6, 6.07) is 8.03. The molecule has 0 fully saturated rings. The maximum Gasteiger partial charge on any atom is 0.213 e. The van der Waals surface area contributed by atoms with E-state index in [0.717, 1.165) is 4.90 Å². The van der Waals surface area contributed by atoms with E-state index >= 15 is 0 Å². The molecule has 0 bridgehead atoms. The maximum absolute atomic E-state index is 12.1. The highest BCUT2D eigenvalue weighted by atomic mass is 32.2. The molecule has 0 aliphatic rings. The van der Waals surface area contributed by atoms with Gasteiger partial charge in [0.2, 0.25) is 5.12 Å². The van der Waals surface area contributed by atoms with Crippen molar-refractivity contribution < 1.29 is 4.79 Å². The van der Waals surface area contributed by atoms with Gasteiger partial charge in [0, 0.05) is 4.90 Å². The monoisotopic (exact) mass is 237 g/mol. The van der Waals surface area contributed by atoms with Crippen molar-refractivity contribution >= 4 is 16.9 Å². The van der Waals surface area contributed by atoms with Gasteiger partial charge in [0.1, 0.15) is 0 Å². The summed E-state index contributed by atoms with van der Waals surface area (Å²) in [6.45, 7) is 5.92. The Hall–Kier alpha value is -0.800. The van der Waals surface area contributed by atoms with E-state index in [4.69, 9.17) is 0 Å². The van der Waals surface area contributed by atoms with E-state index in [9.17, 15) is 4.79 Å². The molecule has 2 nitrogen and oxygen atoms in total. The molecular formula is C13H19NOS. The highest BCUT2D eigenvalue weighted by Crippen LogP contribution is 2.26. The average molecular weight is 237 g/mol. The number of hydrogen-bond donors (Lipinski definition) is 0. The molecule has 1 aromatic rings. The van der Waals surface area contributed by atoms with Crippen LogP contribution in [-0.2, 0) is 4.79 Å². The fraction of sp³-hybridized carbons (Fsp3) is 0.462. The normalized spacial score (nSPS) is 11.9. The van der Waals surface area contributed by atoms with Crippen LogP contribution in [0.3, 0.4) is 0 Å². The van der Waals surface area contributed by atoms with Crippen molar-refractivity contribution in [2.45, 2.75) is 31.2 Å². The Balaban J connectivity index is 2.75. The van der Waals surface area contributed by atoms with Gasteiger partial charge in [0.25, 0.3) is 0 Å². The van der Waals surface area contributed by atoms with Gasteiger partial charge >= 0.3 is 0 Å². The summed E-state index contributed by atoms with van der Waals surface area (Å²) in [6.07, 6.45) is 0. The number of benzene rings is 1. The molecule has 0 saturated heterocycles. The van der Waals surface area contributed by atoms with Crippen molar-refractivity contribution in [1.29, 1.82) is 0 Å². The molecule has 0 amide bonds. The van der Waals surface area contributed by atoms with E-state index in [1.807, 2.05) is 64.0 Å². The van der Waals surface area contributed by atoms with E-state index in [2.05, 4.69) is 0 Å². The Bertz CT molecular complexity index is 368. The topological polar surface area (TPSA) is 20.3 Å². The Labute approximate surface area is 102 Å². The third-order valence-corrected chi connectivity index (χ3v) is 4.04. The number of nitrogens with zero attached hydrogens (tertiary/aromatic N) is 1. The van der Waals surface area contributed by atoms with Gasteiger partial charge in [-0.25, -0.2) is 0 Å². The second-order valence-electron chi connectivity index (χ2n) is 4.66. The van der Waals surface area contributed by atoms with Gasteiger partial charge in [-0.3, -0.25) is 9.69 Å². The van der Waals surface area contributed by atoms with Crippen molar-refractivity contribution in [1.82, 2.24) is 4.90 Å². The zero-order valence-corrected chi connectivity index (χ0v) is 11.4. The lowest BCUT2D eigenvalue weighted by Crippen LogP contribution is -2.44. The Kier molecular flexibility index (Phi) is 4.16. The molecule has 0 atom stereocenters. The summed E-state index contributed by atoms with van der Waals surface area (Å²) in [7, 11) is 3.85. The van der Waals surface area contributed by atoms with Crippen LogP contribution in [0, 0.1) is 6.92 Å². The molecule has 0 saturated carbocycles. The Morgan fingerprint density at radius 3 is 2.12 bits per heavy atom. The van der Waals surface area contributed by atoms with Gasteiger partial charge < -0.3 is 0 Å². The van der Waals surface area contributed by atoms with Crippen molar-refractivity contribution in [2.24, 2.45) is 0 Å². The predicted octanol–water partition coefficient (Wildman–Crippen LogP) is 2.95. The molecule has 1 rings (SSSR count). The second-order valence-corrected chi connectivity index (χ2v) is 5.70. The molecule has 0 aliphatic heterocycles. The maximum atomic E-state index is 12.1. The van der Waals surface area contributed by atoms with E-state index < -0.39 is 5.54 Å². The summed E-state index contributed by atoms with van der Waals surface area (Å²) < 4.78 is 0. The van der Waals surface area contributed by atoms with Crippen LogP contribution >= 0.6 is 11.8 Å². The minimum absolute atomic E-state index is 0.168. The van der Waals surface area contributed by atoms with Crippen LogP contribution in [-0.4, -0.2) is 29.6 Å². The molecular weight excluding hydrogens is 218 g/mol. The Morgan fingerprint density at radius 2 is 1.69 bits per heavy atom. The lowest BCUT2D eigenvalue weighted by Gasteiger charge is -2.30. The molecule has 0 unspecified atom stereocenters. The van der Waals surface area contributed by atoms with Crippen LogP contribution in [0.5, 0.6) is 0 Å². The van der Waals surface area contributed by atoms with E-state index in [-0.39, 0.29) is 5.12 Å². The number of carbonyl (C=O) groups is 1. The molecule has 0 aromatic heterocycles. The van der Waals surface area contributed by atoms with Gasteiger partial charge in [-0.2, -0.15) is 0 Å². The smallest absolute Gasteiger partial charge is 0.213 e. The van der Waals surface area contributed by atoms with Gasteiger partial charge in [0.15, 0.2) is 0 Å². The van der Waals surface area contributed by atoms with Gasteiger partial charge in [-0.15, -0.1) is 0 Å². The summed E-state index contributed by atoms with van der Waals surface area (Å²) >= 11 is 1.31. The van der Waals surface area contributed by atoms with Crippen LogP contribution in [0.1, 0.15) is 19.4 Å². The van der Waals surface area contributed by atoms with E-state index in [1.54, 1.807) is 0 Å². The number of aryl methyl sites for hydroxylation is 1. The molecule has 0 heterocycles. The predicted molar refractivity (Wildman–Crippen MR) is 69.8 cm³/mol. The number of carbonyl (C=O) groups excluding carboxylic acids is 1. The van der Waals surface area contributed by atoms with Crippen molar-refractivity contribution in [3.05, 3.63) is 29.8 Å². The third-order valence-electron chi connectivity index (χ3n) is 2.85. The number of hydrogen-bond acceptors (Lipinski definition) is 3. The summed E-state index contributed by atoms with van der Waals surface area (Å²) in [5, 5.41) is 0.168. The molecule has 0 spiro atoms. The SMILES string of the molecule is Cc1ccc(SC(=O)C(C)(C)N(C)C)cc1. The number of likely N-dealkylation sites (N-methyl/N-ethyl adjacent to an activating group) is 1. The first-order valence-corrected chi connectivity index (χ1v) is 6.12. The lowest BCUT2D eigenvalue weighted by atomic mass is 10.1.